The molecule has 0 saturated carbocycles. The van der Waals surface area contributed by atoms with E-state index in [1.807, 2.05) is 72.9 Å². The Labute approximate surface area is 170 Å². The van der Waals surface area contributed by atoms with Crippen molar-refractivity contribution < 1.29 is 9.53 Å². The monoisotopic (exact) mass is 388 g/mol. The second-order valence-corrected chi connectivity index (χ2v) is 6.86. The van der Waals surface area contributed by atoms with Crippen molar-refractivity contribution in [3.63, 3.8) is 0 Å². The predicted octanol–water partition coefficient (Wildman–Crippen LogP) is 3.43. The number of benzene rings is 2. The van der Waals surface area contributed by atoms with Gasteiger partial charge in [-0.2, -0.15) is 0 Å². The molecule has 1 N–H and O–H groups in total. The first-order chi connectivity index (χ1) is 14.3. The molecule has 0 atom stereocenters. The van der Waals surface area contributed by atoms with Crippen LogP contribution in [0.3, 0.4) is 0 Å². The lowest BCUT2D eigenvalue weighted by Crippen LogP contribution is -2.46. The number of para-hydroxylation sites is 1. The fourth-order valence-electron chi connectivity index (χ4n) is 3.35. The number of carbonyl (C=O) groups excluding carboxylic acids is 1. The van der Waals surface area contributed by atoms with E-state index >= 15 is 0 Å². The zero-order chi connectivity index (χ0) is 19.9. The van der Waals surface area contributed by atoms with Crippen LogP contribution in [0.25, 0.3) is 0 Å². The molecule has 6 nitrogen and oxygen atoms in total. The Hall–Kier alpha value is -3.54. The van der Waals surface area contributed by atoms with Gasteiger partial charge in [-0.05, 0) is 48.5 Å². The fourth-order valence-corrected chi connectivity index (χ4v) is 3.35. The van der Waals surface area contributed by atoms with E-state index in [0.29, 0.717) is 5.75 Å². The summed E-state index contributed by atoms with van der Waals surface area (Å²) in [7, 11) is 0. The van der Waals surface area contributed by atoms with E-state index in [4.69, 9.17) is 4.74 Å². The Morgan fingerprint density at radius 1 is 0.862 bits per heavy atom. The Bertz CT molecular complexity index is 909. The van der Waals surface area contributed by atoms with Gasteiger partial charge in [-0.25, -0.2) is 4.98 Å². The molecule has 1 aliphatic heterocycles. The molecule has 0 bridgehead atoms. The summed E-state index contributed by atoms with van der Waals surface area (Å²) in [5, 5.41) is 2.87. The summed E-state index contributed by atoms with van der Waals surface area (Å²) in [6.45, 7) is 3.74. The third kappa shape index (κ3) is 5.04. The molecule has 1 saturated heterocycles. The molecule has 1 aromatic heterocycles. The third-order valence-corrected chi connectivity index (χ3v) is 4.88. The maximum absolute atomic E-state index is 12.1. The van der Waals surface area contributed by atoms with Crippen LogP contribution >= 0.6 is 0 Å². The maximum atomic E-state index is 12.1. The van der Waals surface area contributed by atoms with E-state index in [9.17, 15) is 4.79 Å². The molecular weight excluding hydrogens is 364 g/mol. The molecule has 0 radical (unpaired) electrons. The number of carbonyl (C=O) groups is 1. The summed E-state index contributed by atoms with van der Waals surface area (Å²) < 4.78 is 5.48. The normalized spacial score (nSPS) is 13.8. The van der Waals surface area contributed by atoms with Gasteiger partial charge < -0.3 is 19.9 Å². The van der Waals surface area contributed by atoms with Gasteiger partial charge in [0.1, 0.15) is 11.6 Å². The van der Waals surface area contributed by atoms with Crippen LogP contribution in [-0.4, -0.2) is 43.7 Å². The second-order valence-electron chi connectivity index (χ2n) is 6.86. The van der Waals surface area contributed by atoms with E-state index in [2.05, 4.69) is 26.2 Å². The summed E-state index contributed by atoms with van der Waals surface area (Å²) in [5.41, 5.74) is 1.92. The van der Waals surface area contributed by atoms with Gasteiger partial charge in [-0.15, -0.1) is 0 Å². The molecule has 4 rings (SSSR count). The zero-order valence-electron chi connectivity index (χ0n) is 16.2. The van der Waals surface area contributed by atoms with Gasteiger partial charge in [0.15, 0.2) is 6.61 Å². The first-order valence-electron chi connectivity index (χ1n) is 9.77. The van der Waals surface area contributed by atoms with Crippen molar-refractivity contribution >= 4 is 23.1 Å². The SMILES string of the molecule is O=C(COc1ccccc1)Nc1ccc(N2CCN(c3ccccn3)CC2)cc1. The van der Waals surface area contributed by atoms with Crippen molar-refractivity contribution in [1.82, 2.24) is 4.98 Å². The molecule has 6 heteroatoms. The topological polar surface area (TPSA) is 57.7 Å². The standard InChI is InChI=1S/C23H24N4O2/c28-23(18-29-21-6-2-1-3-7-21)25-19-9-11-20(12-10-19)26-14-16-27(17-15-26)22-8-4-5-13-24-22/h1-13H,14-18H2,(H,25,28). The first-order valence-corrected chi connectivity index (χ1v) is 9.77. The molecular formula is C23H24N4O2. The lowest BCUT2D eigenvalue weighted by atomic mass is 10.2. The van der Waals surface area contributed by atoms with Crippen molar-refractivity contribution in [2.24, 2.45) is 0 Å². The zero-order valence-corrected chi connectivity index (χ0v) is 16.2. The predicted molar refractivity (Wildman–Crippen MR) is 116 cm³/mol. The van der Waals surface area contributed by atoms with E-state index in [-0.39, 0.29) is 12.5 Å². The van der Waals surface area contributed by atoms with Crippen LogP contribution in [0.15, 0.2) is 79.0 Å². The van der Waals surface area contributed by atoms with Crippen LogP contribution < -0.4 is 19.9 Å². The molecule has 0 unspecified atom stereocenters. The average molecular weight is 388 g/mol. The minimum atomic E-state index is -0.175. The second kappa shape index (κ2) is 9.10. The van der Waals surface area contributed by atoms with E-state index in [1.165, 1.54) is 0 Å². The van der Waals surface area contributed by atoms with E-state index in [0.717, 1.165) is 43.4 Å². The van der Waals surface area contributed by atoms with Gasteiger partial charge in [0.2, 0.25) is 0 Å². The Kier molecular flexibility index (Phi) is 5.90. The highest BCUT2D eigenvalue weighted by Gasteiger charge is 2.18. The molecule has 1 amide bonds. The molecule has 29 heavy (non-hydrogen) atoms. The van der Waals surface area contributed by atoms with Crippen LogP contribution in [0, 0.1) is 0 Å². The van der Waals surface area contributed by atoms with Gasteiger partial charge in [0, 0.05) is 43.8 Å². The highest BCUT2D eigenvalue weighted by atomic mass is 16.5. The van der Waals surface area contributed by atoms with Crippen molar-refractivity contribution in [2.75, 3.05) is 47.9 Å². The average Bonchev–Trinajstić information content (AvgIpc) is 2.80. The van der Waals surface area contributed by atoms with Crippen LogP contribution in [0.2, 0.25) is 0 Å². The summed E-state index contributed by atoms with van der Waals surface area (Å²) in [6, 6.07) is 23.3. The smallest absolute Gasteiger partial charge is 0.262 e. The van der Waals surface area contributed by atoms with Gasteiger partial charge in [0.25, 0.3) is 5.91 Å². The Balaban J connectivity index is 1.26. The van der Waals surface area contributed by atoms with Crippen LogP contribution in [0.1, 0.15) is 0 Å². The lowest BCUT2D eigenvalue weighted by molar-refractivity contribution is -0.118. The molecule has 148 valence electrons. The summed E-state index contributed by atoms with van der Waals surface area (Å²) in [4.78, 5) is 21.2. The fraction of sp³-hybridized carbons (Fsp3) is 0.217. The molecule has 2 aromatic carbocycles. The molecule has 1 aliphatic rings. The van der Waals surface area contributed by atoms with Gasteiger partial charge in [-0.1, -0.05) is 24.3 Å². The molecule has 0 spiro atoms. The van der Waals surface area contributed by atoms with E-state index in [1.54, 1.807) is 0 Å². The lowest BCUT2D eigenvalue weighted by Gasteiger charge is -2.36. The quantitative estimate of drug-likeness (QED) is 0.701. The number of hydrogen-bond acceptors (Lipinski definition) is 5. The number of pyridine rings is 1. The van der Waals surface area contributed by atoms with Crippen molar-refractivity contribution in [1.29, 1.82) is 0 Å². The molecule has 3 aromatic rings. The number of anilines is 3. The van der Waals surface area contributed by atoms with Crippen molar-refractivity contribution in [2.45, 2.75) is 0 Å². The van der Waals surface area contributed by atoms with Crippen molar-refractivity contribution in [3.05, 3.63) is 79.0 Å². The third-order valence-electron chi connectivity index (χ3n) is 4.88. The van der Waals surface area contributed by atoms with Crippen LogP contribution in [0.5, 0.6) is 5.75 Å². The summed E-state index contributed by atoms with van der Waals surface area (Å²) in [6.07, 6.45) is 1.83. The van der Waals surface area contributed by atoms with Crippen molar-refractivity contribution in [3.8, 4) is 5.75 Å². The number of hydrogen-bond donors (Lipinski definition) is 1. The van der Waals surface area contributed by atoms with Crippen LogP contribution in [-0.2, 0) is 4.79 Å². The largest absolute Gasteiger partial charge is 0.484 e. The number of nitrogens with one attached hydrogen (secondary N) is 1. The number of ether oxygens (including phenoxy) is 1. The van der Waals surface area contributed by atoms with Gasteiger partial charge in [-0.3, -0.25) is 4.79 Å². The Morgan fingerprint density at radius 3 is 2.24 bits per heavy atom. The molecule has 1 fully saturated rings. The number of piperazine rings is 1. The highest BCUT2D eigenvalue weighted by Crippen LogP contribution is 2.21. The summed E-state index contributed by atoms with van der Waals surface area (Å²) in [5.74, 6) is 1.54. The van der Waals surface area contributed by atoms with E-state index < -0.39 is 0 Å². The Morgan fingerprint density at radius 2 is 1.55 bits per heavy atom. The minimum absolute atomic E-state index is 0.0127. The molecule has 0 aliphatic carbocycles. The van der Waals surface area contributed by atoms with Gasteiger partial charge >= 0.3 is 0 Å². The summed E-state index contributed by atoms with van der Waals surface area (Å²) >= 11 is 0. The highest BCUT2D eigenvalue weighted by molar-refractivity contribution is 5.92. The number of rotatable bonds is 6. The maximum Gasteiger partial charge on any atom is 0.262 e. The van der Waals surface area contributed by atoms with Crippen LogP contribution in [0.4, 0.5) is 17.2 Å². The number of amides is 1. The number of nitrogens with zero attached hydrogens (tertiary/aromatic N) is 3. The first kappa shape index (κ1) is 18.8. The van der Waals surface area contributed by atoms with Gasteiger partial charge in [0.05, 0.1) is 0 Å². The minimum Gasteiger partial charge on any atom is -0.484 e. The number of aromatic nitrogens is 1. The molecule has 2 heterocycles.